The summed E-state index contributed by atoms with van der Waals surface area (Å²) >= 11 is 0. The van der Waals surface area contributed by atoms with Gasteiger partial charge in [-0.3, -0.25) is 14.9 Å². The van der Waals surface area contributed by atoms with Gasteiger partial charge in [-0.05, 0) is 44.6 Å². The third-order valence-corrected chi connectivity index (χ3v) is 4.51. The third kappa shape index (κ3) is 7.24. The molecule has 1 fully saturated rings. The first-order chi connectivity index (χ1) is 13.1. The lowest BCUT2D eigenvalue weighted by molar-refractivity contribution is -0.384. The van der Waals surface area contributed by atoms with Gasteiger partial charge >= 0.3 is 0 Å². The van der Waals surface area contributed by atoms with Crippen LogP contribution in [0.2, 0.25) is 0 Å². The van der Waals surface area contributed by atoms with Gasteiger partial charge in [0, 0.05) is 38.3 Å². The Morgan fingerprint density at radius 3 is 2.52 bits per heavy atom. The normalized spacial score (nSPS) is 14.3. The van der Waals surface area contributed by atoms with Crippen LogP contribution in [0.25, 0.3) is 0 Å². The number of nitrogens with zero attached hydrogens (tertiary/aromatic N) is 3. The smallest absolute Gasteiger partial charge is 0.269 e. The number of rotatable bonds is 9. The second kappa shape index (κ2) is 11.2. The van der Waals surface area contributed by atoms with E-state index in [1.54, 1.807) is 24.3 Å². The minimum absolute atomic E-state index is 0.0860. The largest absolute Gasteiger partial charge is 0.357 e. The zero-order chi connectivity index (χ0) is 19.5. The molecule has 0 radical (unpaired) electrons. The summed E-state index contributed by atoms with van der Waals surface area (Å²) < 4.78 is 0. The number of carbonyl (C=O) groups is 1. The van der Waals surface area contributed by atoms with Gasteiger partial charge in [0.05, 0.1) is 4.92 Å². The quantitative estimate of drug-likeness (QED) is 0.226. The molecule has 1 aromatic rings. The van der Waals surface area contributed by atoms with E-state index in [-0.39, 0.29) is 23.1 Å². The molecule has 1 heterocycles. The van der Waals surface area contributed by atoms with Crippen LogP contribution in [0.1, 0.15) is 38.2 Å². The van der Waals surface area contributed by atoms with E-state index < -0.39 is 0 Å². The molecule has 27 heavy (non-hydrogen) atoms. The SMILES string of the molecule is CCNC(=NCC(=O)N1CCCC1)NCCCCc1ccc([N+](=O)[O-])cc1. The molecule has 148 valence electrons. The van der Waals surface area contributed by atoms with E-state index >= 15 is 0 Å². The monoisotopic (exact) mass is 375 g/mol. The van der Waals surface area contributed by atoms with Crippen molar-refractivity contribution in [1.82, 2.24) is 15.5 Å². The lowest BCUT2D eigenvalue weighted by Crippen LogP contribution is -2.39. The number of nitro benzene ring substituents is 1. The Labute approximate surface area is 160 Å². The number of hydrogen-bond donors (Lipinski definition) is 2. The maximum atomic E-state index is 12.1. The first-order valence-corrected chi connectivity index (χ1v) is 9.63. The highest BCUT2D eigenvalue weighted by Crippen LogP contribution is 2.13. The van der Waals surface area contributed by atoms with Crippen LogP contribution >= 0.6 is 0 Å². The highest BCUT2D eigenvalue weighted by Gasteiger charge is 2.17. The molecule has 0 aromatic heterocycles. The number of nitrogens with one attached hydrogen (secondary N) is 2. The first kappa shape index (κ1) is 20.7. The van der Waals surface area contributed by atoms with Gasteiger partial charge < -0.3 is 15.5 Å². The molecule has 1 saturated heterocycles. The molecule has 1 aromatic carbocycles. The molecule has 0 unspecified atom stereocenters. The molecular formula is C19H29N5O3. The van der Waals surface area contributed by atoms with Gasteiger partial charge in [-0.2, -0.15) is 0 Å². The van der Waals surface area contributed by atoms with Crippen LogP contribution in [0.4, 0.5) is 5.69 Å². The molecule has 0 saturated carbocycles. The Hall–Kier alpha value is -2.64. The Morgan fingerprint density at radius 1 is 1.19 bits per heavy atom. The van der Waals surface area contributed by atoms with Crippen LogP contribution < -0.4 is 10.6 Å². The van der Waals surface area contributed by atoms with Crippen molar-refractivity contribution >= 4 is 17.6 Å². The Kier molecular flexibility index (Phi) is 8.54. The molecule has 1 aliphatic heterocycles. The predicted molar refractivity (Wildman–Crippen MR) is 106 cm³/mol. The molecular weight excluding hydrogens is 346 g/mol. The topological polar surface area (TPSA) is 99.9 Å². The van der Waals surface area contributed by atoms with Crippen molar-refractivity contribution in [3.63, 3.8) is 0 Å². The molecule has 0 spiro atoms. The van der Waals surface area contributed by atoms with E-state index in [1.165, 1.54) is 0 Å². The number of nitro groups is 1. The summed E-state index contributed by atoms with van der Waals surface area (Å²) in [7, 11) is 0. The second-order valence-electron chi connectivity index (χ2n) is 6.59. The average Bonchev–Trinajstić information content (AvgIpc) is 3.20. The second-order valence-corrected chi connectivity index (χ2v) is 6.59. The van der Waals surface area contributed by atoms with Crippen LogP contribution in [0.15, 0.2) is 29.3 Å². The third-order valence-electron chi connectivity index (χ3n) is 4.51. The van der Waals surface area contributed by atoms with Gasteiger partial charge in [0.1, 0.15) is 6.54 Å². The van der Waals surface area contributed by atoms with Crippen LogP contribution in [-0.2, 0) is 11.2 Å². The van der Waals surface area contributed by atoms with Gasteiger partial charge in [-0.15, -0.1) is 0 Å². The van der Waals surface area contributed by atoms with E-state index in [2.05, 4.69) is 15.6 Å². The molecule has 2 rings (SSSR count). The number of carbonyl (C=O) groups excluding carboxylic acids is 1. The fraction of sp³-hybridized carbons (Fsp3) is 0.579. The minimum Gasteiger partial charge on any atom is -0.357 e. The van der Waals surface area contributed by atoms with Crippen molar-refractivity contribution in [2.75, 3.05) is 32.7 Å². The fourth-order valence-corrected chi connectivity index (χ4v) is 3.00. The molecule has 8 heteroatoms. The summed E-state index contributed by atoms with van der Waals surface area (Å²) in [6, 6.07) is 6.70. The number of benzene rings is 1. The molecule has 0 bridgehead atoms. The van der Waals surface area contributed by atoms with Gasteiger partial charge in [0.25, 0.3) is 5.69 Å². The average molecular weight is 375 g/mol. The summed E-state index contributed by atoms with van der Waals surface area (Å²) in [5.74, 6) is 0.753. The number of guanidine groups is 1. The lowest BCUT2D eigenvalue weighted by Gasteiger charge is -2.15. The highest BCUT2D eigenvalue weighted by atomic mass is 16.6. The van der Waals surface area contributed by atoms with Gasteiger partial charge in [-0.25, -0.2) is 4.99 Å². The van der Waals surface area contributed by atoms with Crippen LogP contribution in [0.5, 0.6) is 0 Å². The van der Waals surface area contributed by atoms with Crippen LogP contribution in [0.3, 0.4) is 0 Å². The fourth-order valence-electron chi connectivity index (χ4n) is 3.00. The standard InChI is InChI=1S/C19H29N5O3/c1-2-20-19(22-15-18(25)23-13-5-6-14-23)21-12-4-3-7-16-8-10-17(11-9-16)24(26)27/h8-11H,2-7,12-15H2,1H3,(H2,20,21,22). The van der Waals surface area contributed by atoms with Gasteiger partial charge in [-0.1, -0.05) is 12.1 Å². The van der Waals surface area contributed by atoms with Crippen molar-refractivity contribution in [2.45, 2.75) is 39.0 Å². The van der Waals surface area contributed by atoms with Crippen LogP contribution in [-0.4, -0.2) is 54.4 Å². The summed E-state index contributed by atoms with van der Waals surface area (Å²) in [6.45, 7) is 5.37. The molecule has 1 amide bonds. The zero-order valence-electron chi connectivity index (χ0n) is 15.9. The summed E-state index contributed by atoms with van der Waals surface area (Å²) in [6.07, 6.45) is 4.96. The number of non-ortho nitro benzene ring substituents is 1. The molecule has 0 atom stereocenters. The Bertz CT molecular complexity index is 639. The Balaban J connectivity index is 1.68. The van der Waals surface area contributed by atoms with E-state index in [4.69, 9.17) is 0 Å². The number of aliphatic imine (C=N–C) groups is 1. The van der Waals surface area contributed by atoms with Gasteiger partial charge in [0.2, 0.25) is 5.91 Å². The van der Waals surface area contributed by atoms with Crippen molar-refractivity contribution in [2.24, 2.45) is 4.99 Å². The highest BCUT2D eigenvalue weighted by molar-refractivity contribution is 5.85. The molecule has 2 N–H and O–H groups in total. The minimum atomic E-state index is -0.385. The number of unbranched alkanes of at least 4 members (excludes halogenated alkanes) is 1. The molecule has 1 aliphatic rings. The number of amides is 1. The Morgan fingerprint density at radius 2 is 1.89 bits per heavy atom. The lowest BCUT2D eigenvalue weighted by atomic mass is 10.1. The molecule has 8 nitrogen and oxygen atoms in total. The molecule has 0 aliphatic carbocycles. The van der Waals surface area contributed by atoms with E-state index in [0.29, 0.717) is 5.96 Å². The number of likely N-dealkylation sites (tertiary alicyclic amines) is 1. The van der Waals surface area contributed by atoms with Crippen molar-refractivity contribution in [1.29, 1.82) is 0 Å². The first-order valence-electron chi connectivity index (χ1n) is 9.63. The summed E-state index contributed by atoms with van der Waals surface area (Å²) in [5, 5.41) is 17.1. The van der Waals surface area contributed by atoms with E-state index in [9.17, 15) is 14.9 Å². The van der Waals surface area contributed by atoms with Crippen molar-refractivity contribution in [3.05, 3.63) is 39.9 Å². The van der Waals surface area contributed by atoms with Gasteiger partial charge in [0.15, 0.2) is 5.96 Å². The zero-order valence-corrected chi connectivity index (χ0v) is 15.9. The predicted octanol–water partition coefficient (Wildman–Crippen LogP) is 2.09. The maximum Gasteiger partial charge on any atom is 0.269 e. The number of aryl methyl sites for hydroxylation is 1. The van der Waals surface area contributed by atoms with E-state index in [0.717, 1.165) is 63.8 Å². The van der Waals surface area contributed by atoms with E-state index in [1.807, 2.05) is 11.8 Å². The van der Waals surface area contributed by atoms with Crippen LogP contribution in [0, 0.1) is 10.1 Å². The van der Waals surface area contributed by atoms with Crippen molar-refractivity contribution in [3.8, 4) is 0 Å². The van der Waals surface area contributed by atoms with Crippen molar-refractivity contribution < 1.29 is 9.72 Å². The number of hydrogen-bond acceptors (Lipinski definition) is 4. The maximum absolute atomic E-state index is 12.1. The summed E-state index contributed by atoms with van der Waals surface area (Å²) in [4.78, 5) is 28.6. The summed E-state index contributed by atoms with van der Waals surface area (Å²) in [5.41, 5.74) is 1.22.